The fourth-order valence-corrected chi connectivity index (χ4v) is 1.70. The largest absolute Gasteiger partial charge is 0.465 e. The van der Waals surface area contributed by atoms with Crippen LogP contribution in [0.3, 0.4) is 0 Å². The third-order valence-electron chi connectivity index (χ3n) is 2.28. The molecular formula is C13H10BrNO5. The Kier molecular flexibility index (Phi) is 4.41. The third-order valence-corrected chi connectivity index (χ3v) is 2.71. The predicted octanol–water partition coefficient (Wildman–Crippen LogP) is 2.58. The zero-order valence-electron chi connectivity index (χ0n) is 10.4. The van der Waals surface area contributed by atoms with E-state index in [9.17, 15) is 9.59 Å². The Balaban J connectivity index is 2.20. The van der Waals surface area contributed by atoms with Crippen molar-refractivity contribution in [3.8, 4) is 0 Å². The van der Waals surface area contributed by atoms with Crippen molar-refractivity contribution < 1.29 is 23.2 Å². The number of carbonyl (C=O) groups is 2. The predicted molar refractivity (Wildman–Crippen MR) is 72.6 cm³/mol. The van der Waals surface area contributed by atoms with E-state index in [1.54, 1.807) is 18.2 Å². The van der Waals surface area contributed by atoms with E-state index in [1.165, 1.54) is 25.5 Å². The number of rotatable bonds is 4. The van der Waals surface area contributed by atoms with Crippen LogP contribution in [-0.2, 0) is 9.53 Å². The summed E-state index contributed by atoms with van der Waals surface area (Å²) >= 11 is 3.09. The van der Waals surface area contributed by atoms with Crippen LogP contribution in [0, 0.1) is 0 Å². The molecule has 0 aliphatic carbocycles. The Morgan fingerprint density at radius 1 is 1.35 bits per heavy atom. The molecule has 0 spiro atoms. The molecule has 0 saturated carbocycles. The Hall–Kier alpha value is -2.28. The number of nitrogens with one attached hydrogen (secondary N) is 1. The van der Waals surface area contributed by atoms with E-state index in [4.69, 9.17) is 8.83 Å². The Morgan fingerprint density at radius 2 is 2.15 bits per heavy atom. The Morgan fingerprint density at radius 3 is 2.70 bits per heavy atom. The number of methoxy groups -OCH3 is 1. The van der Waals surface area contributed by atoms with Gasteiger partial charge in [0, 0.05) is 6.08 Å². The molecule has 6 nitrogen and oxygen atoms in total. The molecule has 0 aliphatic rings. The van der Waals surface area contributed by atoms with E-state index in [0.717, 1.165) is 0 Å². The fraction of sp³-hybridized carbons (Fsp3) is 0.0769. The summed E-state index contributed by atoms with van der Waals surface area (Å²) in [5.74, 6) is -0.795. The number of ether oxygens (including phenoxy) is 1. The van der Waals surface area contributed by atoms with Crippen molar-refractivity contribution in [3.63, 3.8) is 0 Å². The zero-order valence-corrected chi connectivity index (χ0v) is 12.0. The topological polar surface area (TPSA) is 81.7 Å². The van der Waals surface area contributed by atoms with Crippen molar-refractivity contribution in [2.45, 2.75) is 0 Å². The smallest absolute Gasteiger partial charge is 0.354 e. The van der Waals surface area contributed by atoms with Gasteiger partial charge in [0.05, 0.1) is 13.4 Å². The molecule has 104 valence electrons. The van der Waals surface area contributed by atoms with E-state index in [-0.39, 0.29) is 11.5 Å². The molecule has 2 aromatic heterocycles. The first-order valence-corrected chi connectivity index (χ1v) is 6.29. The highest BCUT2D eigenvalue weighted by molar-refractivity contribution is 9.10. The van der Waals surface area contributed by atoms with Crippen LogP contribution >= 0.6 is 15.9 Å². The second-order valence-corrected chi connectivity index (χ2v) is 4.40. The van der Waals surface area contributed by atoms with Crippen molar-refractivity contribution in [2.75, 3.05) is 7.11 Å². The summed E-state index contributed by atoms with van der Waals surface area (Å²) in [5, 5.41) is 2.41. The first-order valence-electron chi connectivity index (χ1n) is 5.50. The first kappa shape index (κ1) is 14.1. The van der Waals surface area contributed by atoms with Gasteiger partial charge in [-0.25, -0.2) is 4.79 Å². The maximum absolute atomic E-state index is 11.9. The lowest BCUT2D eigenvalue weighted by Gasteiger charge is -2.05. The van der Waals surface area contributed by atoms with E-state index in [2.05, 4.69) is 26.0 Å². The highest BCUT2D eigenvalue weighted by atomic mass is 79.9. The molecule has 0 aromatic carbocycles. The van der Waals surface area contributed by atoms with Gasteiger partial charge in [-0.2, -0.15) is 0 Å². The summed E-state index contributed by atoms with van der Waals surface area (Å²) < 4.78 is 15.2. The maximum Gasteiger partial charge on any atom is 0.354 e. The molecule has 0 fully saturated rings. The summed E-state index contributed by atoms with van der Waals surface area (Å²) in [7, 11) is 1.22. The molecule has 7 heteroatoms. The SMILES string of the molecule is COC(=O)C(=Cc1ccco1)NC(=O)c1ccc(Br)o1. The molecule has 0 bridgehead atoms. The normalized spacial score (nSPS) is 11.2. The zero-order chi connectivity index (χ0) is 14.5. The first-order chi connectivity index (χ1) is 9.60. The number of amides is 1. The van der Waals surface area contributed by atoms with E-state index >= 15 is 0 Å². The summed E-state index contributed by atoms with van der Waals surface area (Å²) in [4.78, 5) is 23.5. The van der Waals surface area contributed by atoms with Gasteiger partial charge in [-0.3, -0.25) is 4.79 Å². The number of furan rings is 2. The molecule has 2 aromatic rings. The van der Waals surface area contributed by atoms with E-state index < -0.39 is 11.9 Å². The summed E-state index contributed by atoms with van der Waals surface area (Å²) in [6.07, 6.45) is 2.81. The molecule has 0 saturated heterocycles. The summed E-state index contributed by atoms with van der Waals surface area (Å²) in [5.41, 5.74) is -0.0556. The molecular weight excluding hydrogens is 330 g/mol. The van der Waals surface area contributed by atoms with Gasteiger partial charge in [0.15, 0.2) is 10.4 Å². The van der Waals surface area contributed by atoms with Gasteiger partial charge >= 0.3 is 5.97 Å². The molecule has 0 aliphatic heterocycles. The quantitative estimate of drug-likeness (QED) is 0.683. The molecule has 0 atom stereocenters. The minimum Gasteiger partial charge on any atom is -0.465 e. The fourth-order valence-electron chi connectivity index (χ4n) is 1.39. The molecule has 0 unspecified atom stereocenters. The number of hydrogen-bond donors (Lipinski definition) is 1. The highest BCUT2D eigenvalue weighted by Crippen LogP contribution is 2.15. The molecule has 2 rings (SSSR count). The van der Waals surface area contributed by atoms with Gasteiger partial charge < -0.3 is 18.9 Å². The van der Waals surface area contributed by atoms with Gasteiger partial charge in [0.25, 0.3) is 5.91 Å². The highest BCUT2D eigenvalue weighted by Gasteiger charge is 2.17. The van der Waals surface area contributed by atoms with Crippen LogP contribution in [0.4, 0.5) is 0 Å². The average molecular weight is 340 g/mol. The monoisotopic (exact) mass is 339 g/mol. The van der Waals surface area contributed by atoms with E-state index in [1.807, 2.05) is 0 Å². The summed E-state index contributed by atoms with van der Waals surface area (Å²) in [6.45, 7) is 0. The van der Waals surface area contributed by atoms with Gasteiger partial charge in [0.2, 0.25) is 0 Å². The van der Waals surface area contributed by atoms with E-state index in [0.29, 0.717) is 10.4 Å². The molecule has 0 radical (unpaired) electrons. The van der Waals surface area contributed by atoms with Crippen molar-refractivity contribution in [2.24, 2.45) is 0 Å². The minimum absolute atomic E-state index is 0.0556. The lowest BCUT2D eigenvalue weighted by molar-refractivity contribution is -0.136. The minimum atomic E-state index is -0.694. The van der Waals surface area contributed by atoms with Crippen LogP contribution in [0.1, 0.15) is 16.3 Å². The third kappa shape index (κ3) is 3.39. The second-order valence-electron chi connectivity index (χ2n) is 3.62. The van der Waals surface area contributed by atoms with Crippen molar-refractivity contribution in [1.29, 1.82) is 0 Å². The summed E-state index contributed by atoms with van der Waals surface area (Å²) in [6, 6.07) is 6.34. The van der Waals surface area contributed by atoms with Gasteiger partial charge in [-0.1, -0.05) is 0 Å². The molecule has 20 heavy (non-hydrogen) atoms. The lowest BCUT2D eigenvalue weighted by atomic mass is 10.3. The van der Waals surface area contributed by atoms with Crippen LogP contribution in [-0.4, -0.2) is 19.0 Å². The Labute approximate surface area is 122 Å². The average Bonchev–Trinajstić information content (AvgIpc) is 3.08. The molecule has 1 N–H and O–H groups in total. The van der Waals surface area contributed by atoms with Gasteiger partial charge in [0.1, 0.15) is 11.5 Å². The maximum atomic E-state index is 11.9. The van der Waals surface area contributed by atoms with Crippen molar-refractivity contribution in [1.82, 2.24) is 5.32 Å². The van der Waals surface area contributed by atoms with Crippen LogP contribution in [0.2, 0.25) is 0 Å². The molecule has 1 amide bonds. The van der Waals surface area contributed by atoms with Gasteiger partial charge in [-0.15, -0.1) is 0 Å². The van der Waals surface area contributed by atoms with Crippen LogP contribution in [0.5, 0.6) is 0 Å². The van der Waals surface area contributed by atoms with Crippen LogP contribution in [0.25, 0.3) is 6.08 Å². The number of carbonyl (C=O) groups excluding carboxylic acids is 2. The van der Waals surface area contributed by atoms with Crippen LogP contribution in [0.15, 0.2) is 49.7 Å². The van der Waals surface area contributed by atoms with Crippen molar-refractivity contribution in [3.05, 3.63) is 52.4 Å². The number of esters is 1. The number of hydrogen-bond acceptors (Lipinski definition) is 5. The number of halogens is 1. The standard InChI is InChI=1S/C13H10BrNO5/c1-18-13(17)9(7-8-3-2-6-19-8)15-12(16)10-4-5-11(14)20-10/h2-7H,1H3,(H,15,16). The lowest BCUT2D eigenvalue weighted by Crippen LogP contribution is -2.27. The second kappa shape index (κ2) is 6.25. The van der Waals surface area contributed by atoms with Crippen molar-refractivity contribution >= 4 is 33.9 Å². The molecule has 2 heterocycles. The Bertz CT molecular complexity index is 642. The van der Waals surface area contributed by atoms with Crippen LogP contribution < -0.4 is 5.32 Å². The van der Waals surface area contributed by atoms with Gasteiger partial charge in [-0.05, 0) is 40.2 Å².